The van der Waals surface area contributed by atoms with Crippen LogP contribution < -0.4 is 10.5 Å². The molecule has 2 aromatic heterocycles. The van der Waals surface area contributed by atoms with Crippen LogP contribution in [0.2, 0.25) is 0 Å². The first-order valence-electron chi connectivity index (χ1n) is 12.0. The van der Waals surface area contributed by atoms with Crippen molar-refractivity contribution in [3.63, 3.8) is 0 Å². The summed E-state index contributed by atoms with van der Waals surface area (Å²) in [5.41, 5.74) is 1.79. The summed E-state index contributed by atoms with van der Waals surface area (Å²) in [6, 6.07) is 3.95. The molecule has 0 aromatic carbocycles. The van der Waals surface area contributed by atoms with Gasteiger partial charge in [0.25, 0.3) is 11.5 Å². The summed E-state index contributed by atoms with van der Waals surface area (Å²) < 4.78 is 8.07. The molecule has 2 atom stereocenters. The van der Waals surface area contributed by atoms with Gasteiger partial charge in [0.15, 0.2) is 0 Å². The molecule has 180 valence electrons. The molecule has 4 heterocycles. The molecule has 9 heteroatoms. The molecule has 0 radical (unpaired) electrons. The molecule has 2 aromatic rings. The Hall–Kier alpha value is -2.23. The molecule has 0 bridgehead atoms. The maximum absolute atomic E-state index is 13.7. The van der Waals surface area contributed by atoms with Crippen molar-refractivity contribution in [3.8, 4) is 0 Å². The van der Waals surface area contributed by atoms with Crippen molar-refractivity contribution in [2.75, 3.05) is 18.0 Å². The minimum absolute atomic E-state index is 0.0123. The maximum atomic E-state index is 13.7. The lowest BCUT2D eigenvalue weighted by Gasteiger charge is -2.36. The summed E-state index contributed by atoms with van der Waals surface area (Å²) in [6.45, 7) is 7.25. The Kier molecular flexibility index (Phi) is 6.52. The molecule has 2 aliphatic heterocycles. The number of amides is 1. The van der Waals surface area contributed by atoms with Crippen molar-refractivity contribution in [2.45, 2.75) is 71.1 Å². The molecule has 0 spiro atoms. The van der Waals surface area contributed by atoms with Gasteiger partial charge in [0.05, 0.1) is 22.7 Å². The average molecular weight is 499 g/mol. The van der Waals surface area contributed by atoms with E-state index in [1.54, 1.807) is 21.6 Å². The number of aryl methyl sites for hydroxylation is 1. The van der Waals surface area contributed by atoms with Crippen LogP contribution in [-0.2, 0) is 9.53 Å². The highest BCUT2D eigenvalue weighted by molar-refractivity contribution is 8.26. The van der Waals surface area contributed by atoms with E-state index in [4.69, 9.17) is 21.9 Å². The van der Waals surface area contributed by atoms with E-state index in [1.165, 1.54) is 18.2 Å². The molecule has 34 heavy (non-hydrogen) atoms. The molecule has 5 rings (SSSR count). The van der Waals surface area contributed by atoms with Gasteiger partial charge in [-0.1, -0.05) is 49.3 Å². The largest absolute Gasteiger partial charge is 0.372 e. The van der Waals surface area contributed by atoms with Gasteiger partial charge in [-0.15, -0.1) is 0 Å². The normalized spacial score (nSPS) is 25.7. The maximum Gasteiger partial charge on any atom is 0.267 e. The summed E-state index contributed by atoms with van der Waals surface area (Å²) in [5, 5.41) is 0. The van der Waals surface area contributed by atoms with Crippen LogP contribution in [0, 0.1) is 6.92 Å². The Bertz CT molecular complexity index is 1220. The second-order valence-corrected chi connectivity index (χ2v) is 11.2. The highest BCUT2D eigenvalue weighted by Gasteiger charge is 2.38. The number of thiocarbonyl (C=S) groups is 1. The Balaban J connectivity index is 1.62. The SMILES string of the molecule is Cc1cccn2c(=O)c(/C=C3\SC(=S)N(C4CCCCC4)C3=O)c(N3C[C@@H](C)O[C@H](C)C3)nc12. The topological polar surface area (TPSA) is 67.2 Å². The van der Waals surface area contributed by atoms with Crippen molar-refractivity contribution in [1.29, 1.82) is 0 Å². The van der Waals surface area contributed by atoms with Crippen molar-refractivity contribution < 1.29 is 9.53 Å². The second kappa shape index (κ2) is 9.43. The minimum Gasteiger partial charge on any atom is -0.372 e. The fourth-order valence-electron chi connectivity index (χ4n) is 5.28. The molecule has 7 nitrogen and oxygen atoms in total. The second-order valence-electron chi connectivity index (χ2n) is 9.54. The van der Waals surface area contributed by atoms with Gasteiger partial charge in [0, 0.05) is 25.3 Å². The lowest BCUT2D eigenvalue weighted by atomic mass is 9.94. The van der Waals surface area contributed by atoms with Gasteiger partial charge in [-0.25, -0.2) is 4.98 Å². The standard InChI is InChI=1S/C25H30N4O3S2/c1-15-8-7-11-28-21(15)26-22(27-13-16(2)32-17(3)14-27)19(23(28)30)12-20-24(31)29(25(33)34-20)18-9-5-4-6-10-18/h7-8,11-12,16-18H,4-6,9-10,13-14H2,1-3H3/b20-12-/t16-,17-/m1/s1. The van der Waals surface area contributed by atoms with Crippen molar-refractivity contribution >= 4 is 51.7 Å². The molecule has 1 aliphatic carbocycles. The van der Waals surface area contributed by atoms with E-state index in [0.717, 1.165) is 31.2 Å². The molecular weight excluding hydrogens is 468 g/mol. The third-order valence-corrected chi connectivity index (χ3v) is 8.15. The smallest absolute Gasteiger partial charge is 0.267 e. The van der Waals surface area contributed by atoms with Crippen molar-refractivity contribution in [3.05, 3.63) is 44.7 Å². The number of hydrogen-bond donors (Lipinski definition) is 0. The van der Waals surface area contributed by atoms with Crippen LogP contribution in [0.4, 0.5) is 5.82 Å². The zero-order chi connectivity index (χ0) is 24.0. The quantitative estimate of drug-likeness (QED) is 0.465. The van der Waals surface area contributed by atoms with E-state index in [9.17, 15) is 9.59 Å². The van der Waals surface area contributed by atoms with E-state index < -0.39 is 0 Å². The molecule has 1 amide bonds. The van der Waals surface area contributed by atoms with E-state index in [1.807, 2.05) is 32.9 Å². The molecule has 0 unspecified atom stereocenters. The van der Waals surface area contributed by atoms with Crippen LogP contribution >= 0.6 is 24.0 Å². The van der Waals surface area contributed by atoms with Gasteiger partial charge in [-0.05, 0) is 51.3 Å². The van der Waals surface area contributed by atoms with E-state index in [2.05, 4.69) is 4.90 Å². The molecule has 3 aliphatic rings. The number of thioether (sulfide) groups is 1. The number of rotatable bonds is 3. The molecule has 0 N–H and O–H groups in total. The van der Waals surface area contributed by atoms with Gasteiger partial charge in [0.2, 0.25) is 0 Å². The Morgan fingerprint density at radius 2 is 1.85 bits per heavy atom. The van der Waals surface area contributed by atoms with Gasteiger partial charge >= 0.3 is 0 Å². The summed E-state index contributed by atoms with van der Waals surface area (Å²) in [6.07, 6.45) is 8.88. The number of carbonyl (C=O) groups is 1. The lowest BCUT2D eigenvalue weighted by molar-refractivity contribution is -0.124. The number of ether oxygens (including phenoxy) is 1. The molecule has 3 fully saturated rings. The zero-order valence-corrected chi connectivity index (χ0v) is 21.5. The number of fused-ring (bicyclic) bond motifs is 1. The first kappa shape index (κ1) is 23.5. The highest BCUT2D eigenvalue weighted by Crippen LogP contribution is 2.38. The van der Waals surface area contributed by atoms with Gasteiger partial charge in [-0.3, -0.25) is 18.9 Å². The number of anilines is 1. The van der Waals surface area contributed by atoms with Crippen LogP contribution in [0.1, 0.15) is 57.1 Å². The first-order chi connectivity index (χ1) is 16.3. The minimum atomic E-state index is -0.182. The third kappa shape index (κ3) is 4.29. The van der Waals surface area contributed by atoms with Crippen molar-refractivity contribution in [1.82, 2.24) is 14.3 Å². The zero-order valence-electron chi connectivity index (χ0n) is 19.8. The van der Waals surface area contributed by atoms with Crippen molar-refractivity contribution in [2.24, 2.45) is 0 Å². The molecule has 2 saturated heterocycles. The highest BCUT2D eigenvalue weighted by atomic mass is 32.2. The molecular formula is C25H30N4O3S2. The third-order valence-electron chi connectivity index (χ3n) is 6.82. The van der Waals surface area contributed by atoms with Crippen LogP contribution in [0.5, 0.6) is 0 Å². The summed E-state index contributed by atoms with van der Waals surface area (Å²) in [7, 11) is 0. The van der Waals surface area contributed by atoms with Gasteiger partial charge in [-0.2, -0.15) is 0 Å². The van der Waals surface area contributed by atoms with Crippen LogP contribution in [0.15, 0.2) is 28.0 Å². The molecule has 1 saturated carbocycles. The average Bonchev–Trinajstić information content (AvgIpc) is 3.08. The van der Waals surface area contributed by atoms with Gasteiger partial charge in [0.1, 0.15) is 15.8 Å². The van der Waals surface area contributed by atoms with Crippen LogP contribution in [0.25, 0.3) is 11.7 Å². The number of pyridine rings is 1. The number of hydrogen-bond acceptors (Lipinski definition) is 7. The Morgan fingerprint density at radius 1 is 1.15 bits per heavy atom. The fourth-order valence-corrected chi connectivity index (χ4v) is 6.67. The lowest BCUT2D eigenvalue weighted by Crippen LogP contribution is -2.46. The Labute approximate surface area is 209 Å². The fraction of sp³-hybridized carbons (Fsp3) is 0.520. The van der Waals surface area contributed by atoms with Crippen LogP contribution in [0.3, 0.4) is 0 Å². The van der Waals surface area contributed by atoms with E-state index >= 15 is 0 Å². The summed E-state index contributed by atoms with van der Waals surface area (Å²) >= 11 is 6.90. The van der Waals surface area contributed by atoms with E-state index in [0.29, 0.717) is 39.3 Å². The van der Waals surface area contributed by atoms with Crippen LogP contribution in [-0.4, -0.2) is 55.9 Å². The first-order valence-corrected chi connectivity index (χ1v) is 13.3. The number of aromatic nitrogens is 2. The number of nitrogens with zero attached hydrogens (tertiary/aromatic N) is 4. The number of carbonyl (C=O) groups excluding carboxylic acids is 1. The predicted octanol–water partition coefficient (Wildman–Crippen LogP) is 4.15. The predicted molar refractivity (Wildman–Crippen MR) is 140 cm³/mol. The Morgan fingerprint density at radius 3 is 2.56 bits per heavy atom. The van der Waals surface area contributed by atoms with E-state index in [-0.39, 0.29) is 29.7 Å². The summed E-state index contributed by atoms with van der Waals surface area (Å²) in [5.74, 6) is 0.509. The van der Waals surface area contributed by atoms with Gasteiger partial charge < -0.3 is 9.64 Å². The number of morpholine rings is 1. The monoisotopic (exact) mass is 498 g/mol. The summed E-state index contributed by atoms with van der Waals surface area (Å²) in [4.78, 5) is 36.5.